The Morgan fingerprint density at radius 1 is 1.21 bits per heavy atom. The molecular formula is C32H54F2N2O7. The minimum absolute atomic E-state index is 0.0538. The fraction of sp³-hybridized carbons (Fsp3) is 0.969. The van der Waals surface area contributed by atoms with Crippen molar-refractivity contribution in [2.75, 3.05) is 20.3 Å². The number of rotatable bonds is 12. The Hall–Kier alpha value is -0.950. The molecule has 2 bridgehead atoms. The van der Waals surface area contributed by atoms with Gasteiger partial charge in [0.1, 0.15) is 12.1 Å². The number of hydrogen-bond acceptors (Lipinski definition) is 8. The predicted molar refractivity (Wildman–Crippen MR) is 155 cm³/mol. The Balaban J connectivity index is 1.31. The van der Waals surface area contributed by atoms with Crippen molar-refractivity contribution in [3.05, 3.63) is 0 Å². The van der Waals surface area contributed by atoms with Gasteiger partial charge in [0.05, 0.1) is 31.0 Å². The van der Waals surface area contributed by atoms with Crippen LogP contribution in [0.5, 0.6) is 0 Å². The van der Waals surface area contributed by atoms with Crippen molar-refractivity contribution in [3.63, 3.8) is 0 Å². The molecule has 1 amide bonds. The van der Waals surface area contributed by atoms with E-state index in [1.54, 1.807) is 19.1 Å². The minimum Gasteiger partial charge on any atom is -0.394 e. The van der Waals surface area contributed by atoms with E-state index in [-0.39, 0.29) is 36.5 Å². The lowest BCUT2D eigenvalue weighted by Gasteiger charge is -2.62. The van der Waals surface area contributed by atoms with E-state index >= 15 is 0 Å². The van der Waals surface area contributed by atoms with Gasteiger partial charge in [-0.1, -0.05) is 40.5 Å². The molecule has 6 fully saturated rings. The van der Waals surface area contributed by atoms with Gasteiger partial charge in [0.2, 0.25) is 5.91 Å². The first-order valence-electron chi connectivity index (χ1n) is 16.6. The van der Waals surface area contributed by atoms with Crippen molar-refractivity contribution in [1.29, 1.82) is 0 Å². The van der Waals surface area contributed by atoms with Gasteiger partial charge in [0.15, 0.2) is 0 Å². The van der Waals surface area contributed by atoms with Crippen LogP contribution in [-0.4, -0.2) is 90.3 Å². The summed E-state index contributed by atoms with van der Waals surface area (Å²) in [6.07, 6.45) is -0.397. The third kappa shape index (κ3) is 6.51. The largest absolute Gasteiger partial charge is 0.486 e. The van der Waals surface area contributed by atoms with Crippen molar-refractivity contribution < 1.29 is 42.8 Å². The number of amides is 1. The molecule has 0 aromatic heterocycles. The van der Waals surface area contributed by atoms with Gasteiger partial charge in [-0.2, -0.15) is 5.06 Å². The van der Waals surface area contributed by atoms with Gasteiger partial charge in [0, 0.05) is 31.5 Å². The summed E-state index contributed by atoms with van der Waals surface area (Å²) in [5.41, 5.74) is 0.291. The molecule has 6 aliphatic rings. The number of alkyl halides is 2. The highest BCUT2D eigenvalue weighted by molar-refractivity contribution is 5.82. The zero-order valence-electron chi connectivity index (χ0n) is 26.7. The third-order valence-electron chi connectivity index (χ3n) is 12.0. The van der Waals surface area contributed by atoms with Crippen LogP contribution in [0.4, 0.5) is 8.78 Å². The monoisotopic (exact) mass is 616 g/mol. The van der Waals surface area contributed by atoms with Crippen LogP contribution in [0.3, 0.4) is 0 Å². The van der Waals surface area contributed by atoms with Crippen LogP contribution in [0.15, 0.2) is 0 Å². The molecule has 3 N–H and O–H groups in total. The summed E-state index contributed by atoms with van der Waals surface area (Å²) >= 11 is 0. The lowest BCUT2D eigenvalue weighted by atomic mass is 9.45. The molecule has 2 aliphatic heterocycles. The second kappa shape index (κ2) is 13.0. The summed E-state index contributed by atoms with van der Waals surface area (Å²) in [5, 5.41) is 26.0. The van der Waals surface area contributed by atoms with Gasteiger partial charge in [-0.25, -0.2) is 0 Å². The molecule has 5 unspecified atom stereocenters. The van der Waals surface area contributed by atoms with Gasteiger partial charge >= 0.3 is 6.29 Å². The fourth-order valence-corrected chi connectivity index (χ4v) is 9.41. The van der Waals surface area contributed by atoms with Crippen molar-refractivity contribution in [2.24, 2.45) is 40.9 Å². The van der Waals surface area contributed by atoms with Gasteiger partial charge in [0.25, 0.3) is 0 Å². The Morgan fingerprint density at radius 2 is 1.95 bits per heavy atom. The Bertz CT molecular complexity index is 970. The van der Waals surface area contributed by atoms with Crippen LogP contribution in [0.1, 0.15) is 86.0 Å². The Labute approximate surface area is 255 Å². The molecule has 13 atom stereocenters. The lowest BCUT2D eigenvalue weighted by Crippen LogP contribution is -2.62. The topological polar surface area (TPSA) is 110 Å². The molecular weight excluding hydrogens is 562 g/mol. The molecule has 2 heterocycles. The fourth-order valence-electron chi connectivity index (χ4n) is 9.41. The number of carbonyl (C=O) groups is 1. The van der Waals surface area contributed by atoms with E-state index in [0.717, 1.165) is 32.1 Å². The second-order valence-electron chi connectivity index (χ2n) is 14.7. The van der Waals surface area contributed by atoms with E-state index in [4.69, 9.17) is 19.0 Å². The maximum Gasteiger partial charge on any atom is 0.486 e. The number of halogens is 2. The van der Waals surface area contributed by atoms with Crippen LogP contribution in [0, 0.1) is 40.9 Å². The SMILES string of the molecule is CCCC(CN1O[C@@H](CO)[C@@H]([C@H](C)O)[C@H]1C(=O)N[C@H]1C[C@H]2C[C@@H]([C@@H]1C)C2(C)C)C(CC1CCCC2OC(F)(F)OC12)OC. The van der Waals surface area contributed by atoms with E-state index in [1.807, 2.05) is 0 Å². The summed E-state index contributed by atoms with van der Waals surface area (Å²) in [7, 11) is 1.63. The van der Waals surface area contributed by atoms with Crippen LogP contribution in [0.2, 0.25) is 0 Å². The second-order valence-corrected chi connectivity index (χ2v) is 14.7. The number of hydroxylamine groups is 2. The number of hydrogen-bond donors (Lipinski definition) is 3. The summed E-state index contributed by atoms with van der Waals surface area (Å²) in [6.45, 7) is 10.6. The molecule has 248 valence electrons. The number of aliphatic hydroxyl groups is 2. The first-order chi connectivity index (χ1) is 20.3. The van der Waals surface area contributed by atoms with E-state index < -0.39 is 42.7 Å². The van der Waals surface area contributed by atoms with Crippen LogP contribution < -0.4 is 5.32 Å². The smallest absolute Gasteiger partial charge is 0.394 e. The molecule has 9 nitrogen and oxygen atoms in total. The van der Waals surface area contributed by atoms with Gasteiger partial charge < -0.3 is 20.3 Å². The van der Waals surface area contributed by atoms with Crippen molar-refractivity contribution in [3.8, 4) is 0 Å². The van der Waals surface area contributed by atoms with Crippen molar-refractivity contribution in [1.82, 2.24) is 10.4 Å². The Morgan fingerprint density at radius 3 is 2.56 bits per heavy atom. The first kappa shape index (κ1) is 33.4. The van der Waals surface area contributed by atoms with Crippen LogP contribution in [-0.2, 0) is 23.8 Å². The summed E-state index contributed by atoms with van der Waals surface area (Å²) < 4.78 is 43.9. The molecule has 0 aromatic carbocycles. The number of methoxy groups -OCH3 is 1. The average Bonchev–Trinajstić information content (AvgIpc) is 3.48. The quantitative estimate of drug-likeness (QED) is 0.301. The molecule has 0 spiro atoms. The van der Waals surface area contributed by atoms with E-state index in [2.05, 4.69) is 33.0 Å². The standard InChI is InChI=1S/C32H54F2N2O7/c1-7-9-20(25(40-6)12-19-10-8-11-24-29(19)42-32(33,34)41-24)15-36-28(27(18(3)38)26(16-37)43-36)30(39)35-23-14-21-13-22(17(23)2)31(21,4)5/h17-29,37-38H,7-16H2,1-6H3,(H,35,39)/t17-,18-,19?,20?,21+,22-,23-,24?,25?,26-,27+,28-,29?/m0/s1. The third-order valence-corrected chi connectivity index (χ3v) is 12.0. The van der Waals surface area contributed by atoms with Gasteiger partial charge in [-0.3, -0.25) is 19.1 Å². The minimum atomic E-state index is -3.56. The molecule has 6 rings (SSSR count). The molecule has 11 heteroatoms. The molecule has 43 heavy (non-hydrogen) atoms. The van der Waals surface area contributed by atoms with Crippen molar-refractivity contribution >= 4 is 5.91 Å². The molecule has 2 saturated heterocycles. The molecule has 0 radical (unpaired) electrons. The maximum absolute atomic E-state index is 14.1. The normalized spacial score (nSPS) is 42.1. The number of ether oxygens (including phenoxy) is 3. The lowest BCUT2D eigenvalue weighted by molar-refractivity contribution is -0.352. The molecule has 0 aromatic rings. The van der Waals surface area contributed by atoms with Crippen LogP contribution >= 0.6 is 0 Å². The summed E-state index contributed by atoms with van der Waals surface area (Å²) in [6, 6.07) is -0.727. The zero-order valence-corrected chi connectivity index (χ0v) is 26.7. The summed E-state index contributed by atoms with van der Waals surface area (Å²) in [4.78, 5) is 20.3. The van der Waals surface area contributed by atoms with Gasteiger partial charge in [-0.15, -0.1) is 8.78 Å². The average molecular weight is 617 g/mol. The number of carbonyl (C=O) groups excluding carboxylic acids is 1. The molecule has 4 saturated carbocycles. The van der Waals surface area contributed by atoms with E-state index in [1.165, 1.54) is 6.42 Å². The number of nitrogens with zero attached hydrogens (tertiary/aromatic N) is 1. The zero-order chi connectivity index (χ0) is 31.3. The highest BCUT2D eigenvalue weighted by Gasteiger charge is 2.58. The first-order valence-corrected chi connectivity index (χ1v) is 16.6. The Kier molecular flexibility index (Phi) is 10.1. The van der Waals surface area contributed by atoms with Crippen LogP contribution in [0.25, 0.3) is 0 Å². The maximum atomic E-state index is 14.1. The number of aliphatic hydroxyl groups excluding tert-OH is 2. The van der Waals surface area contributed by atoms with Crippen molar-refractivity contribution in [2.45, 2.75) is 135 Å². The number of nitrogens with one attached hydrogen (secondary N) is 1. The van der Waals surface area contributed by atoms with Gasteiger partial charge in [-0.05, 0) is 74.5 Å². The number of fused-ring (bicyclic) bond motifs is 3. The highest BCUT2D eigenvalue weighted by atomic mass is 19.3. The summed E-state index contributed by atoms with van der Waals surface area (Å²) in [5.74, 6) is 0.473. The molecule has 4 aliphatic carbocycles. The predicted octanol–water partition coefficient (Wildman–Crippen LogP) is 4.10. The van der Waals surface area contributed by atoms with E-state index in [9.17, 15) is 23.8 Å². The highest BCUT2D eigenvalue weighted by Crippen LogP contribution is 2.61. The van der Waals surface area contributed by atoms with E-state index in [0.29, 0.717) is 42.6 Å².